The third-order valence-electron chi connectivity index (χ3n) is 6.25. The minimum atomic E-state index is 0. The van der Waals surface area contributed by atoms with Crippen LogP contribution in [0.15, 0.2) is 86.0 Å². The molecule has 3 aromatic carbocycles. The molecule has 0 saturated carbocycles. The summed E-state index contributed by atoms with van der Waals surface area (Å²) < 4.78 is 21.5. The summed E-state index contributed by atoms with van der Waals surface area (Å²) in [7, 11) is 0. The van der Waals surface area contributed by atoms with Crippen molar-refractivity contribution in [3.8, 4) is 11.5 Å². The van der Waals surface area contributed by atoms with Crippen LogP contribution in [-0.4, -0.2) is 22.3 Å². The first-order valence-corrected chi connectivity index (χ1v) is 12.1. The Hall–Kier alpha value is -2.34. The molecule has 190 valence electrons. The number of rotatable bonds is 10. The van der Waals surface area contributed by atoms with Crippen molar-refractivity contribution < 1.29 is 66.6 Å². The Morgan fingerprint density at radius 2 is 0.972 bits per heavy atom. The van der Waals surface area contributed by atoms with E-state index in [4.69, 9.17) is 9.47 Å². The number of imidazole rings is 2. The van der Waals surface area contributed by atoms with Crippen molar-refractivity contribution >= 4 is 21.5 Å². The first-order valence-electron chi connectivity index (χ1n) is 12.1. The zero-order valence-electron chi connectivity index (χ0n) is 20.7. The Balaban J connectivity index is 0.00000180. The first kappa shape index (κ1) is 28.2. The highest BCUT2D eigenvalue weighted by atomic mass is 127. The summed E-state index contributed by atoms with van der Waals surface area (Å²) in [5, 5.41) is 4.32. The van der Waals surface area contributed by atoms with E-state index in [2.05, 4.69) is 118 Å². The number of hydrogen-bond donors (Lipinski definition) is 0. The minimum Gasteiger partial charge on any atom is -1.00 e. The van der Waals surface area contributed by atoms with Gasteiger partial charge in [-0.15, -0.1) is 0 Å². The lowest BCUT2D eigenvalue weighted by Gasteiger charge is -2.17. The predicted molar refractivity (Wildman–Crippen MR) is 133 cm³/mol. The minimum absolute atomic E-state index is 0. The summed E-state index contributed by atoms with van der Waals surface area (Å²) in [5.41, 5.74) is 0. The van der Waals surface area contributed by atoms with Crippen LogP contribution >= 0.6 is 0 Å². The number of ether oxygens (including phenoxy) is 2. The lowest BCUT2D eigenvalue weighted by atomic mass is 10.0. The summed E-state index contributed by atoms with van der Waals surface area (Å²) in [6.07, 6.45) is 12.6. The van der Waals surface area contributed by atoms with E-state index in [1.54, 1.807) is 0 Å². The van der Waals surface area contributed by atoms with E-state index >= 15 is 0 Å². The van der Waals surface area contributed by atoms with Gasteiger partial charge in [-0.1, -0.05) is 48.5 Å². The fourth-order valence-electron chi connectivity index (χ4n) is 4.38. The summed E-state index contributed by atoms with van der Waals surface area (Å²) in [4.78, 5) is 0. The van der Waals surface area contributed by atoms with Crippen molar-refractivity contribution in [1.82, 2.24) is 9.13 Å². The molecule has 0 N–H and O–H groups in total. The van der Waals surface area contributed by atoms with Crippen molar-refractivity contribution in [2.45, 2.75) is 40.0 Å². The van der Waals surface area contributed by atoms with Crippen molar-refractivity contribution in [2.75, 3.05) is 13.2 Å². The summed E-state index contributed by atoms with van der Waals surface area (Å²) in [5.74, 6) is 1.84. The van der Waals surface area contributed by atoms with Gasteiger partial charge in [0.2, 0.25) is 12.7 Å². The van der Waals surface area contributed by atoms with Crippen LogP contribution in [0.25, 0.3) is 21.5 Å². The van der Waals surface area contributed by atoms with E-state index in [0.717, 1.165) is 59.2 Å². The highest BCUT2D eigenvalue weighted by molar-refractivity contribution is 6.11. The van der Waals surface area contributed by atoms with Gasteiger partial charge in [-0.05, 0) is 13.8 Å². The lowest BCUT2D eigenvalue weighted by Crippen LogP contribution is -3.00. The van der Waals surface area contributed by atoms with Crippen LogP contribution < -0.4 is 66.6 Å². The third-order valence-corrected chi connectivity index (χ3v) is 6.25. The topological polar surface area (TPSA) is 36.1 Å². The number of nitrogens with zero attached hydrogens (tertiary/aromatic N) is 4. The molecule has 8 heteroatoms. The summed E-state index contributed by atoms with van der Waals surface area (Å²) in [6.45, 7) is 8.99. The van der Waals surface area contributed by atoms with Crippen molar-refractivity contribution in [3.63, 3.8) is 0 Å². The molecular formula is C28H32I2N4O2. The van der Waals surface area contributed by atoms with E-state index in [0.29, 0.717) is 13.2 Å². The van der Waals surface area contributed by atoms with Crippen LogP contribution in [-0.2, 0) is 26.2 Å². The van der Waals surface area contributed by atoms with Gasteiger partial charge in [0.25, 0.3) is 0 Å². The molecule has 0 bridgehead atoms. The Morgan fingerprint density at radius 3 is 1.28 bits per heavy atom. The molecule has 0 aliphatic carbocycles. The lowest BCUT2D eigenvalue weighted by molar-refractivity contribution is -0.697. The van der Waals surface area contributed by atoms with E-state index in [1.165, 1.54) is 0 Å². The van der Waals surface area contributed by atoms with Gasteiger partial charge in [0.05, 0.1) is 13.1 Å². The van der Waals surface area contributed by atoms with E-state index < -0.39 is 0 Å². The number of aryl methyl sites for hydroxylation is 2. The first-order chi connectivity index (χ1) is 16.8. The highest BCUT2D eigenvalue weighted by Gasteiger charge is 2.16. The van der Waals surface area contributed by atoms with Crippen LogP contribution in [0.5, 0.6) is 11.5 Å². The maximum Gasteiger partial charge on any atom is 0.243 e. The van der Waals surface area contributed by atoms with Crippen molar-refractivity contribution in [2.24, 2.45) is 0 Å². The molecule has 0 spiro atoms. The molecule has 0 aliphatic rings. The molecule has 36 heavy (non-hydrogen) atoms. The maximum atomic E-state index is 6.43. The van der Waals surface area contributed by atoms with E-state index in [-0.39, 0.29) is 48.0 Å². The second kappa shape index (κ2) is 13.3. The number of aromatic nitrogens is 4. The maximum absolute atomic E-state index is 6.43. The summed E-state index contributed by atoms with van der Waals surface area (Å²) in [6, 6.07) is 16.8. The Bertz CT molecular complexity index is 1250. The number of fused-ring (bicyclic) bond motifs is 2. The monoisotopic (exact) mass is 710 g/mol. The Kier molecular flexibility index (Phi) is 10.4. The molecule has 0 aliphatic heterocycles. The zero-order valence-corrected chi connectivity index (χ0v) is 25.0. The van der Waals surface area contributed by atoms with Gasteiger partial charge in [0.1, 0.15) is 62.6 Å². The van der Waals surface area contributed by atoms with Gasteiger partial charge >= 0.3 is 0 Å². The molecule has 0 fully saturated rings. The molecule has 0 atom stereocenters. The zero-order chi connectivity index (χ0) is 23.3. The van der Waals surface area contributed by atoms with Gasteiger partial charge in [0, 0.05) is 21.5 Å². The van der Waals surface area contributed by atoms with Crippen LogP contribution in [0.4, 0.5) is 0 Å². The summed E-state index contributed by atoms with van der Waals surface area (Å²) >= 11 is 0. The Labute approximate surface area is 246 Å². The number of hydrogen-bond acceptors (Lipinski definition) is 2. The molecule has 6 nitrogen and oxygen atoms in total. The van der Waals surface area contributed by atoms with Crippen molar-refractivity contribution in [3.05, 3.63) is 86.0 Å². The Morgan fingerprint density at radius 1 is 0.611 bits per heavy atom. The van der Waals surface area contributed by atoms with Crippen molar-refractivity contribution in [1.29, 1.82) is 0 Å². The van der Waals surface area contributed by atoms with Crippen LogP contribution in [0, 0.1) is 0 Å². The number of halogens is 2. The van der Waals surface area contributed by atoms with Gasteiger partial charge < -0.3 is 57.4 Å². The smallest absolute Gasteiger partial charge is 0.243 e. The molecular weight excluding hydrogens is 678 g/mol. The molecule has 5 rings (SSSR count). The van der Waals surface area contributed by atoms with Crippen LogP contribution in [0.3, 0.4) is 0 Å². The second-order valence-electron chi connectivity index (χ2n) is 8.41. The standard InChI is InChI=1S/C28H32N4O2.2HI/c1-3-29-13-15-31(21-29)17-19-33-27-23-9-5-7-11-25(23)28(26-12-8-6-10-24(26)27)34-20-18-32-16-14-30(4-2)22-32;;/h5-16,21-22H,3-4,17-20H2,1-2H3;2*1H/q+2;;/p-2. The molecule has 0 amide bonds. The van der Waals surface area contributed by atoms with Gasteiger partial charge in [0.15, 0.2) is 0 Å². The normalized spacial score (nSPS) is 10.7. The predicted octanol–water partition coefficient (Wildman–Crippen LogP) is -1.62. The largest absolute Gasteiger partial charge is 1.00 e. The molecule has 2 aromatic heterocycles. The van der Waals surface area contributed by atoms with Crippen LogP contribution in [0.2, 0.25) is 0 Å². The average molecular weight is 710 g/mol. The highest BCUT2D eigenvalue weighted by Crippen LogP contribution is 2.42. The second-order valence-corrected chi connectivity index (χ2v) is 8.41. The molecule has 0 radical (unpaired) electrons. The van der Waals surface area contributed by atoms with Gasteiger partial charge in [-0.2, -0.15) is 0 Å². The van der Waals surface area contributed by atoms with E-state index in [9.17, 15) is 0 Å². The quantitative estimate of drug-likeness (QED) is 0.0994. The fraction of sp³-hybridized carbons (Fsp3) is 0.286. The van der Waals surface area contributed by atoms with Crippen LogP contribution in [0.1, 0.15) is 13.8 Å². The fourth-order valence-corrected chi connectivity index (χ4v) is 4.38. The molecule has 2 heterocycles. The van der Waals surface area contributed by atoms with E-state index in [1.807, 2.05) is 0 Å². The van der Waals surface area contributed by atoms with Gasteiger partial charge in [-0.3, -0.25) is 0 Å². The average Bonchev–Trinajstić information content (AvgIpc) is 3.54. The molecule has 5 aromatic rings. The third kappa shape index (κ3) is 6.13. The molecule has 0 unspecified atom stereocenters. The van der Waals surface area contributed by atoms with Gasteiger partial charge in [-0.25, -0.2) is 18.3 Å². The molecule has 0 saturated heterocycles. The number of benzene rings is 3. The SMILES string of the molecule is CCn1cc[n+](CCOc2c3ccccc3c(OCC[n+]3ccn(CC)c3)c3ccccc23)c1.[I-].[I-].